The summed E-state index contributed by atoms with van der Waals surface area (Å²) in [6.45, 7) is 0. The van der Waals surface area contributed by atoms with Crippen molar-refractivity contribution in [1.82, 2.24) is 0 Å². The second kappa shape index (κ2) is 4.94. The molecule has 0 amide bonds. The molecular weight excluding hydrogens is 400 g/mol. The van der Waals surface area contributed by atoms with E-state index in [-0.39, 0.29) is 0 Å². The second-order valence-electron chi connectivity index (χ2n) is 3.31. The summed E-state index contributed by atoms with van der Waals surface area (Å²) < 4.78 is 1.75. The van der Waals surface area contributed by atoms with Gasteiger partial charge in [-0.05, 0) is 50.2 Å². The van der Waals surface area contributed by atoms with E-state index in [9.17, 15) is 0 Å². The highest BCUT2D eigenvalue weighted by Crippen LogP contribution is 2.39. The van der Waals surface area contributed by atoms with Crippen molar-refractivity contribution in [2.24, 2.45) is 0 Å². The number of nitrogen functional groups attached to an aromatic ring is 1. The van der Waals surface area contributed by atoms with Gasteiger partial charge in [0.05, 0.1) is 15.2 Å². The minimum Gasteiger partial charge on any atom is -0.397 e. The molecule has 0 spiro atoms. The third-order valence-corrected chi connectivity index (χ3v) is 4.90. The quantitative estimate of drug-likeness (QED) is 0.403. The molecule has 2 rings (SSSR count). The molecule has 2 aromatic carbocycles. The molecule has 2 N–H and O–H groups in total. The Labute approximate surface area is 121 Å². The predicted octanol–water partition coefficient (Wildman–Crippen LogP) is 4.96. The van der Waals surface area contributed by atoms with Gasteiger partial charge in [0.1, 0.15) is 0 Å². The Hall–Kier alpha value is -0.260. The van der Waals surface area contributed by atoms with Gasteiger partial charge in [0.25, 0.3) is 0 Å². The third-order valence-electron chi connectivity index (χ3n) is 2.28. The molecule has 0 saturated carbocycles. The first-order valence-electron chi connectivity index (χ1n) is 4.59. The maximum absolute atomic E-state index is 6.11. The van der Waals surface area contributed by atoms with Crippen LogP contribution in [0.15, 0.2) is 40.9 Å². The summed E-state index contributed by atoms with van der Waals surface area (Å²) in [7, 11) is 0. The van der Waals surface area contributed by atoms with E-state index in [1.165, 1.54) is 0 Å². The zero-order valence-corrected chi connectivity index (χ0v) is 12.7. The van der Waals surface area contributed by atoms with E-state index in [1.807, 2.05) is 36.4 Å². The molecule has 0 fully saturated rings. The zero-order chi connectivity index (χ0) is 11.7. The van der Waals surface area contributed by atoms with Gasteiger partial charge >= 0.3 is 0 Å². The Morgan fingerprint density at radius 2 is 1.81 bits per heavy atom. The van der Waals surface area contributed by atoms with Gasteiger partial charge in [-0.3, -0.25) is 0 Å². The van der Waals surface area contributed by atoms with E-state index in [2.05, 4.69) is 38.5 Å². The van der Waals surface area contributed by atoms with Crippen molar-refractivity contribution in [1.29, 1.82) is 0 Å². The molecule has 4 heteroatoms. The van der Waals surface area contributed by atoms with Crippen LogP contribution >= 0.6 is 50.1 Å². The van der Waals surface area contributed by atoms with Crippen molar-refractivity contribution in [2.45, 2.75) is 0 Å². The van der Waals surface area contributed by atoms with Gasteiger partial charge in [-0.2, -0.15) is 0 Å². The molecule has 0 aromatic heterocycles. The lowest BCUT2D eigenvalue weighted by Gasteiger charge is -2.10. The minimum absolute atomic E-state index is 0.665. The van der Waals surface area contributed by atoms with E-state index in [4.69, 9.17) is 17.3 Å². The number of nitrogens with two attached hydrogens (primary N) is 1. The highest BCUT2D eigenvalue weighted by atomic mass is 127. The fraction of sp³-hybridized carbons (Fsp3) is 0. The predicted molar refractivity (Wildman–Crippen MR) is 81.7 cm³/mol. The van der Waals surface area contributed by atoms with E-state index < -0.39 is 0 Å². The van der Waals surface area contributed by atoms with Crippen LogP contribution in [0.4, 0.5) is 5.69 Å². The van der Waals surface area contributed by atoms with Gasteiger partial charge in [-0.25, -0.2) is 0 Å². The molecule has 0 bridgehead atoms. The van der Waals surface area contributed by atoms with Crippen LogP contribution in [-0.2, 0) is 0 Å². The van der Waals surface area contributed by atoms with E-state index in [0.29, 0.717) is 10.7 Å². The van der Waals surface area contributed by atoms with Crippen LogP contribution in [0.5, 0.6) is 0 Å². The number of hydrogen-bond acceptors (Lipinski definition) is 1. The number of halogens is 3. The van der Waals surface area contributed by atoms with Crippen LogP contribution in [0.1, 0.15) is 0 Å². The average Bonchev–Trinajstić information content (AvgIpc) is 2.32. The van der Waals surface area contributed by atoms with Crippen LogP contribution in [0.3, 0.4) is 0 Å². The molecule has 0 aliphatic carbocycles. The summed E-state index contributed by atoms with van der Waals surface area (Å²) >= 11 is 11.7. The van der Waals surface area contributed by atoms with Gasteiger partial charge < -0.3 is 5.73 Å². The van der Waals surface area contributed by atoms with Gasteiger partial charge in [-0.15, -0.1) is 0 Å². The molecule has 0 saturated heterocycles. The van der Waals surface area contributed by atoms with Crippen molar-refractivity contribution in [3.63, 3.8) is 0 Å². The third kappa shape index (κ3) is 2.21. The van der Waals surface area contributed by atoms with Crippen LogP contribution in [0.25, 0.3) is 11.1 Å². The topological polar surface area (TPSA) is 26.0 Å². The average molecular weight is 408 g/mol. The normalized spacial score (nSPS) is 10.4. The van der Waals surface area contributed by atoms with Crippen molar-refractivity contribution in [2.75, 3.05) is 5.73 Å². The fourth-order valence-electron chi connectivity index (χ4n) is 1.47. The fourth-order valence-corrected chi connectivity index (χ4v) is 3.00. The lowest BCUT2D eigenvalue weighted by atomic mass is 10.0. The van der Waals surface area contributed by atoms with Crippen molar-refractivity contribution >= 4 is 55.8 Å². The van der Waals surface area contributed by atoms with Crippen molar-refractivity contribution in [3.8, 4) is 11.1 Å². The summed E-state index contributed by atoms with van der Waals surface area (Å²) in [5.74, 6) is 0. The summed E-state index contributed by atoms with van der Waals surface area (Å²) in [4.78, 5) is 0. The Balaban J connectivity index is 2.68. The lowest BCUT2D eigenvalue weighted by molar-refractivity contribution is 1.55. The molecule has 0 radical (unpaired) electrons. The maximum Gasteiger partial charge on any atom is 0.0702 e. The number of benzene rings is 2. The molecule has 82 valence electrons. The number of anilines is 1. The Morgan fingerprint density at radius 3 is 2.44 bits per heavy atom. The van der Waals surface area contributed by atoms with Gasteiger partial charge in [0.2, 0.25) is 0 Å². The molecule has 1 nitrogen and oxygen atoms in total. The highest BCUT2D eigenvalue weighted by Gasteiger charge is 2.12. The Morgan fingerprint density at radius 1 is 1.19 bits per heavy atom. The van der Waals surface area contributed by atoms with Crippen molar-refractivity contribution in [3.05, 3.63) is 49.5 Å². The Bertz CT molecular complexity index is 528. The standard InChI is InChI=1S/C12H8BrClIN/c13-10-11(14)9(15)6-8(12(10)16)7-4-2-1-3-5-7/h1-6H,16H2. The monoisotopic (exact) mass is 407 g/mol. The van der Waals surface area contributed by atoms with Gasteiger partial charge in [0.15, 0.2) is 0 Å². The van der Waals surface area contributed by atoms with Crippen LogP contribution in [-0.4, -0.2) is 0 Å². The summed E-state index contributed by atoms with van der Waals surface area (Å²) in [5.41, 5.74) is 8.82. The maximum atomic E-state index is 6.11. The first-order valence-corrected chi connectivity index (χ1v) is 6.84. The van der Waals surface area contributed by atoms with Crippen LogP contribution in [0, 0.1) is 3.57 Å². The number of hydrogen-bond donors (Lipinski definition) is 1. The van der Waals surface area contributed by atoms with E-state index in [1.54, 1.807) is 0 Å². The summed E-state index contributed by atoms with van der Waals surface area (Å²) in [6.07, 6.45) is 0. The second-order valence-corrected chi connectivity index (χ2v) is 5.65. The largest absolute Gasteiger partial charge is 0.397 e. The SMILES string of the molecule is Nc1c(-c2ccccc2)cc(I)c(Cl)c1Br. The molecule has 0 aliphatic rings. The van der Waals surface area contributed by atoms with E-state index >= 15 is 0 Å². The molecule has 0 atom stereocenters. The molecule has 0 unspecified atom stereocenters. The molecule has 16 heavy (non-hydrogen) atoms. The van der Waals surface area contributed by atoms with E-state index in [0.717, 1.165) is 19.2 Å². The summed E-state index contributed by atoms with van der Waals surface area (Å²) in [5, 5.41) is 0.665. The molecule has 0 aliphatic heterocycles. The van der Waals surface area contributed by atoms with Crippen LogP contribution < -0.4 is 5.73 Å². The number of rotatable bonds is 1. The molecule has 0 heterocycles. The lowest BCUT2D eigenvalue weighted by Crippen LogP contribution is -1.94. The summed E-state index contributed by atoms with van der Waals surface area (Å²) in [6, 6.07) is 12.0. The van der Waals surface area contributed by atoms with Gasteiger partial charge in [0, 0.05) is 9.13 Å². The zero-order valence-electron chi connectivity index (χ0n) is 8.18. The molecular formula is C12H8BrClIN. The Kier molecular flexibility index (Phi) is 3.77. The minimum atomic E-state index is 0.665. The van der Waals surface area contributed by atoms with Gasteiger partial charge in [-0.1, -0.05) is 41.9 Å². The smallest absolute Gasteiger partial charge is 0.0702 e. The highest BCUT2D eigenvalue weighted by molar-refractivity contribution is 14.1. The first kappa shape index (κ1) is 12.2. The van der Waals surface area contributed by atoms with Crippen molar-refractivity contribution < 1.29 is 0 Å². The van der Waals surface area contributed by atoms with Crippen LogP contribution in [0.2, 0.25) is 5.02 Å². The molecule has 2 aromatic rings. The first-order chi connectivity index (χ1) is 7.61.